The highest BCUT2D eigenvalue weighted by Crippen LogP contribution is 2.41. The highest BCUT2D eigenvalue weighted by Gasteiger charge is 2.35. The number of phenolic OH excluding ortho intramolecular Hbond substituents is 1. The minimum absolute atomic E-state index is 0.0170. The number of halogens is 1. The molecule has 1 saturated heterocycles. The van der Waals surface area contributed by atoms with Gasteiger partial charge in [0.05, 0.1) is 27.9 Å². The lowest BCUT2D eigenvalue weighted by Gasteiger charge is -2.18. The van der Waals surface area contributed by atoms with E-state index in [1.54, 1.807) is 23.1 Å². The number of amidine groups is 1. The predicted molar refractivity (Wildman–Crippen MR) is 135 cm³/mol. The van der Waals surface area contributed by atoms with Crippen molar-refractivity contribution in [3.63, 3.8) is 0 Å². The van der Waals surface area contributed by atoms with E-state index in [2.05, 4.69) is 15.9 Å². The molecule has 0 atom stereocenters. The molecule has 1 heterocycles. The van der Waals surface area contributed by atoms with E-state index in [9.17, 15) is 9.90 Å². The Bertz CT molecular complexity index is 1270. The third-order valence-electron chi connectivity index (χ3n) is 5.06. The van der Waals surface area contributed by atoms with Gasteiger partial charge in [0, 0.05) is 0 Å². The molecular formula is C25H21BrN2O3S. The molecule has 5 nitrogen and oxygen atoms in total. The average Bonchev–Trinajstić information content (AvgIpc) is 3.07. The van der Waals surface area contributed by atoms with Gasteiger partial charge in [0.25, 0.3) is 5.91 Å². The Labute approximate surface area is 199 Å². The number of aryl methyl sites for hydroxylation is 2. The summed E-state index contributed by atoms with van der Waals surface area (Å²) in [7, 11) is 1.49. The lowest BCUT2D eigenvalue weighted by Crippen LogP contribution is -2.29. The van der Waals surface area contributed by atoms with E-state index in [-0.39, 0.29) is 11.7 Å². The molecule has 1 fully saturated rings. The van der Waals surface area contributed by atoms with Crippen LogP contribution in [0.4, 0.5) is 11.4 Å². The van der Waals surface area contributed by atoms with E-state index in [1.807, 2.05) is 62.4 Å². The molecule has 0 radical (unpaired) electrons. The molecule has 162 valence electrons. The molecule has 3 aromatic carbocycles. The van der Waals surface area contributed by atoms with Crippen LogP contribution in [0.15, 0.2) is 75.0 Å². The second kappa shape index (κ2) is 9.22. The summed E-state index contributed by atoms with van der Waals surface area (Å²) in [4.78, 5) is 20.5. The summed E-state index contributed by atoms with van der Waals surface area (Å²) in [5, 5.41) is 10.7. The number of amides is 1. The highest BCUT2D eigenvalue weighted by atomic mass is 79.9. The van der Waals surface area contributed by atoms with Crippen LogP contribution < -0.4 is 9.64 Å². The van der Waals surface area contributed by atoms with Crippen LogP contribution in [0.25, 0.3) is 6.08 Å². The molecule has 4 rings (SSSR count). The number of aromatic hydroxyl groups is 1. The number of carbonyl (C=O) groups is 1. The lowest BCUT2D eigenvalue weighted by atomic mass is 10.1. The molecule has 0 saturated carbocycles. The molecule has 1 aliphatic rings. The summed E-state index contributed by atoms with van der Waals surface area (Å²) in [6, 6.07) is 19.0. The van der Waals surface area contributed by atoms with Gasteiger partial charge in [0.2, 0.25) is 0 Å². The van der Waals surface area contributed by atoms with E-state index in [4.69, 9.17) is 9.73 Å². The number of carbonyl (C=O) groups excluding carboxylic acids is 1. The van der Waals surface area contributed by atoms with Gasteiger partial charge in [0.1, 0.15) is 0 Å². The maximum absolute atomic E-state index is 13.5. The Hall–Kier alpha value is -3.03. The topological polar surface area (TPSA) is 62.1 Å². The van der Waals surface area contributed by atoms with Gasteiger partial charge in [-0.15, -0.1) is 0 Å². The Kier molecular flexibility index (Phi) is 6.39. The number of hydrogen-bond acceptors (Lipinski definition) is 5. The second-order valence-electron chi connectivity index (χ2n) is 7.27. The summed E-state index contributed by atoms with van der Waals surface area (Å²) in [6.07, 6.45) is 1.78. The van der Waals surface area contributed by atoms with Crippen LogP contribution in [0, 0.1) is 13.8 Å². The quantitative estimate of drug-likeness (QED) is 0.403. The second-order valence-corrected chi connectivity index (χ2v) is 9.14. The average molecular weight is 509 g/mol. The fraction of sp³-hybridized carbons (Fsp3) is 0.120. The van der Waals surface area contributed by atoms with Gasteiger partial charge in [-0.2, -0.15) is 0 Å². The molecule has 1 N–H and O–H groups in total. The molecular weight excluding hydrogens is 488 g/mol. The molecule has 0 aromatic heterocycles. The van der Waals surface area contributed by atoms with Crippen molar-refractivity contribution >= 4 is 56.2 Å². The van der Waals surface area contributed by atoms with Crippen LogP contribution in [0.5, 0.6) is 11.5 Å². The number of anilines is 1. The van der Waals surface area contributed by atoms with Crippen LogP contribution in [0.1, 0.15) is 16.7 Å². The first-order chi connectivity index (χ1) is 15.4. The number of aliphatic imine (C=N–C) groups is 1. The summed E-state index contributed by atoms with van der Waals surface area (Å²) < 4.78 is 5.73. The van der Waals surface area contributed by atoms with E-state index in [1.165, 1.54) is 18.9 Å². The summed E-state index contributed by atoms with van der Waals surface area (Å²) >= 11 is 4.66. The number of nitrogens with zero attached hydrogens (tertiary/aromatic N) is 2. The van der Waals surface area contributed by atoms with Gasteiger partial charge in [0.15, 0.2) is 16.7 Å². The molecule has 3 aromatic rings. The van der Waals surface area contributed by atoms with Crippen molar-refractivity contribution in [2.75, 3.05) is 12.0 Å². The molecule has 0 spiro atoms. The Morgan fingerprint density at radius 2 is 1.75 bits per heavy atom. The van der Waals surface area contributed by atoms with E-state index < -0.39 is 0 Å². The lowest BCUT2D eigenvalue weighted by molar-refractivity contribution is -0.113. The zero-order valence-corrected chi connectivity index (χ0v) is 20.2. The Morgan fingerprint density at radius 3 is 2.44 bits per heavy atom. The van der Waals surface area contributed by atoms with Crippen molar-refractivity contribution in [2.24, 2.45) is 4.99 Å². The van der Waals surface area contributed by atoms with Gasteiger partial charge in [-0.3, -0.25) is 9.69 Å². The fourth-order valence-electron chi connectivity index (χ4n) is 3.35. The van der Waals surface area contributed by atoms with Crippen molar-refractivity contribution in [2.45, 2.75) is 13.8 Å². The number of rotatable bonds is 4. The van der Waals surface area contributed by atoms with Crippen LogP contribution in [-0.2, 0) is 4.79 Å². The third-order valence-corrected chi connectivity index (χ3v) is 6.64. The van der Waals surface area contributed by atoms with Crippen molar-refractivity contribution in [1.82, 2.24) is 0 Å². The van der Waals surface area contributed by atoms with Gasteiger partial charge in [-0.1, -0.05) is 36.4 Å². The van der Waals surface area contributed by atoms with Crippen LogP contribution in [0.2, 0.25) is 0 Å². The Balaban J connectivity index is 1.83. The number of ether oxygens (including phenoxy) is 1. The summed E-state index contributed by atoms with van der Waals surface area (Å²) in [6.45, 7) is 3.97. The largest absolute Gasteiger partial charge is 0.503 e. The van der Waals surface area contributed by atoms with Crippen molar-refractivity contribution in [1.29, 1.82) is 0 Å². The van der Waals surface area contributed by atoms with Crippen LogP contribution in [-0.4, -0.2) is 23.3 Å². The fourth-order valence-corrected chi connectivity index (χ4v) is 4.80. The van der Waals surface area contributed by atoms with Gasteiger partial charge in [-0.25, -0.2) is 4.99 Å². The number of thioether (sulfide) groups is 1. The number of methoxy groups -OCH3 is 1. The predicted octanol–water partition coefficient (Wildman–Crippen LogP) is 6.59. The van der Waals surface area contributed by atoms with Crippen LogP contribution in [0.3, 0.4) is 0 Å². The number of para-hydroxylation sites is 2. The molecule has 0 aliphatic carbocycles. The zero-order chi connectivity index (χ0) is 22.8. The van der Waals surface area contributed by atoms with Crippen molar-refractivity contribution < 1.29 is 14.6 Å². The molecule has 7 heteroatoms. The van der Waals surface area contributed by atoms with Crippen molar-refractivity contribution in [3.05, 3.63) is 86.7 Å². The molecule has 1 amide bonds. The molecule has 32 heavy (non-hydrogen) atoms. The Morgan fingerprint density at radius 1 is 1.06 bits per heavy atom. The monoisotopic (exact) mass is 508 g/mol. The summed E-state index contributed by atoms with van der Waals surface area (Å²) in [5.41, 5.74) is 4.35. The first-order valence-corrected chi connectivity index (χ1v) is 11.5. The third kappa shape index (κ3) is 4.31. The first-order valence-electron chi connectivity index (χ1n) is 9.89. The SMILES string of the molecule is COc1cc(/C=C2/SC(=Nc3ccccc3C)N(c3ccccc3C)C2=O)cc(Br)c1O. The van der Waals surface area contributed by atoms with Crippen LogP contribution >= 0.6 is 27.7 Å². The van der Waals surface area contributed by atoms with Gasteiger partial charge < -0.3 is 9.84 Å². The maximum atomic E-state index is 13.5. The molecule has 0 bridgehead atoms. The maximum Gasteiger partial charge on any atom is 0.271 e. The first kappa shape index (κ1) is 22.2. The molecule has 0 unspecified atom stereocenters. The number of hydrogen-bond donors (Lipinski definition) is 1. The number of phenols is 1. The minimum Gasteiger partial charge on any atom is -0.503 e. The number of benzene rings is 3. The van der Waals surface area contributed by atoms with Gasteiger partial charge >= 0.3 is 0 Å². The van der Waals surface area contributed by atoms with Crippen molar-refractivity contribution in [3.8, 4) is 11.5 Å². The zero-order valence-electron chi connectivity index (χ0n) is 17.8. The highest BCUT2D eigenvalue weighted by molar-refractivity contribution is 9.10. The van der Waals surface area contributed by atoms with Gasteiger partial charge in [-0.05, 0) is 88.6 Å². The van der Waals surface area contributed by atoms with E-state index >= 15 is 0 Å². The summed E-state index contributed by atoms with van der Waals surface area (Å²) in [5.74, 6) is 0.189. The molecule has 1 aliphatic heterocycles. The van der Waals surface area contributed by atoms with E-state index in [0.717, 1.165) is 28.1 Å². The normalized spacial score (nSPS) is 16.2. The smallest absolute Gasteiger partial charge is 0.271 e. The standard InChI is InChI=1S/C25H21BrN2O3S/c1-15-8-4-6-10-19(15)27-25-28(20-11-7-5-9-16(20)2)24(30)22(32-25)14-17-12-18(26)23(29)21(13-17)31-3/h4-14,29H,1-3H3/b22-14+,27-25?. The van der Waals surface area contributed by atoms with E-state index in [0.29, 0.717) is 20.3 Å². The minimum atomic E-state index is -0.153.